The summed E-state index contributed by atoms with van der Waals surface area (Å²) in [6.45, 7) is 1.54. The second-order valence-electron chi connectivity index (χ2n) is 5.11. The summed E-state index contributed by atoms with van der Waals surface area (Å²) in [5.74, 6) is 0. The van der Waals surface area contributed by atoms with Crippen LogP contribution in [0.25, 0.3) is 11.0 Å². The predicted molar refractivity (Wildman–Crippen MR) is 77.7 cm³/mol. The van der Waals surface area contributed by atoms with Gasteiger partial charge in [0.25, 0.3) is 0 Å². The summed E-state index contributed by atoms with van der Waals surface area (Å²) in [4.78, 5) is 7.27. The van der Waals surface area contributed by atoms with Gasteiger partial charge in [0.1, 0.15) is 0 Å². The number of H-pyrrole nitrogens is 1. The van der Waals surface area contributed by atoms with E-state index in [0.29, 0.717) is 6.10 Å². The molecular formula is C14H19N3OS. The summed E-state index contributed by atoms with van der Waals surface area (Å²) >= 11 is 5.35. The fraction of sp³-hybridized carbons (Fsp3) is 0.571. The Hall–Kier alpha value is -1.20. The lowest BCUT2D eigenvalue weighted by atomic mass is 9.98. The van der Waals surface area contributed by atoms with Crippen LogP contribution in [0.5, 0.6) is 0 Å². The Morgan fingerprint density at radius 3 is 3.05 bits per heavy atom. The Bertz CT molecular complexity index is 598. The van der Waals surface area contributed by atoms with Gasteiger partial charge in [0, 0.05) is 12.7 Å². The Labute approximate surface area is 117 Å². The highest BCUT2D eigenvalue weighted by Gasteiger charge is 2.13. The summed E-state index contributed by atoms with van der Waals surface area (Å²) in [6.07, 6.45) is 10.5. The molecule has 0 atom stereocenters. The molecule has 2 heterocycles. The number of fused-ring (bicyclic) bond motifs is 1. The van der Waals surface area contributed by atoms with Crippen LogP contribution in [0.3, 0.4) is 0 Å². The number of hydrogen-bond acceptors (Lipinski definition) is 3. The van der Waals surface area contributed by atoms with Crippen LogP contribution in [0.2, 0.25) is 0 Å². The number of rotatable bonds is 4. The van der Waals surface area contributed by atoms with Crippen molar-refractivity contribution in [2.75, 3.05) is 6.61 Å². The molecule has 0 spiro atoms. The van der Waals surface area contributed by atoms with Crippen LogP contribution in [0.4, 0.5) is 0 Å². The molecular weight excluding hydrogens is 258 g/mol. The van der Waals surface area contributed by atoms with Crippen molar-refractivity contribution in [1.29, 1.82) is 0 Å². The van der Waals surface area contributed by atoms with Crippen LogP contribution in [0, 0.1) is 4.77 Å². The van der Waals surface area contributed by atoms with Gasteiger partial charge in [-0.15, -0.1) is 0 Å². The molecule has 1 fully saturated rings. The van der Waals surface area contributed by atoms with E-state index in [4.69, 9.17) is 17.0 Å². The molecule has 1 aliphatic rings. The number of nitrogens with zero attached hydrogens (tertiary/aromatic N) is 2. The first-order chi connectivity index (χ1) is 9.34. The average molecular weight is 277 g/mol. The van der Waals surface area contributed by atoms with Gasteiger partial charge in [-0.1, -0.05) is 19.3 Å². The molecule has 0 radical (unpaired) electrons. The Kier molecular flexibility index (Phi) is 3.94. The Balaban J connectivity index is 1.65. The van der Waals surface area contributed by atoms with E-state index >= 15 is 0 Å². The fourth-order valence-corrected chi connectivity index (χ4v) is 3.07. The quantitative estimate of drug-likeness (QED) is 0.870. The van der Waals surface area contributed by atoms with E-state index in [1.165, 1.54) is 32.1 Å². The fourth-order valence-electron chi connectivity index (χ4n) is 2.78. The lowest BCUT2D eigenvalue weighted by Crippen LogP contribution is -2.19. The van der Waals surface area contributed by atoms with E-state index in [1.807, 2.05) is 12.3 Å². The molecule has 0 aromatic carbocycles. The molecule has 1 saturated carbocycles. The minimum atomic E-state index is 0.454. The number of aromatic nitrogens is 3. The van der Waals surface area contributed by atoms with E-state index in [2.05, 4.69) is 14.5 Å². The van der Waals surface area contributed by atoms with Gasteiger partial charge in [-0.05, 0) is 31.1 Å². The third kappa shape index (κ3) is 2.87. The average Bonchev–Trinajstić information content (AvgIpc) is 2.76. The second-order valence-corrected chi connectivity index (χ2v) is 5.49. The summed E-state index contributed by atoms with van der Waals surface area (Å²) in [5.41, 5.74) is 2.09. The highest BCUT2D eigenvalue weighted by Crippen LogP contribution is 2.20. The second kappa shape index (κ2) is 5.84. The molecule has 0 saturated heterocycles. The molecule has 0 amide bonds. The topological polar surface area (TPSA) is 42.8 Å². The van der Waals surface area contributed by atoms with Crippen LogP contribution >= 0.6 is 12.2 Å². The number of pyridine rings is 1. The zero-order chi connectivity index (χ0) is 13.1. The van der Waals surface area contributed by atoms with E-state index in [9.17, 15) is 0 Å². The largest absolute Gasteiger partial charge is 0.376 e. The van der Waals surface area contributed by atoms with Gasteiger partial charge < -0.3 is 14.3 Å². The number of aromatic amines is 1. The summed E-state index contributed by atoms with van der Waals surface area (Å²) < 4.78 is 8.80. The number of hydrogen-bond donors (Lipinski definition) is 1. The molecule has 102 valence electrons. The molecule has 4 nitrogen and oxygen atoms in total. The standard InChI is InChI=1S/C14H19N3OS/c19-14-16-12-10-15-7-6-13(12)17(14)8-9-18-11-4-2-1-3-5-11/h6-7,10-11H,1-5,8-9H2,(H,16,19). The number of nitrogens with one attached hydrogen (secondary N) is 1. The highest BCUT2D eigenvalue weighted by molar-refractivity contribution is 7.71. The smallest absolute Gasteiger partial charge is 0.178 e. The maximum absolute atomic E-state index is 5.96. The maximum atomic E-state index is 5.96. The van der Waals surface area contributed by atoms with Crippen LogP contribution < -0.4 is 0 Å². The van der Waals surface area contributed by atoms with E-state index in [0.717, 1.165) is 29.0 Å². The monoisotopic (exact) mass is 277 g/mol. The van der Waals surface area contributed by atoms with E-state index in [-0.39, 0.29) is 0 Å². The van der Waals surface area contributed by atoms with Crippen molar-refractivity contribution in [1.82, 2.24) is 14.5 Å². The first kappa shape index (κ1) is 12.8. The molecule has 0 aliphatic heterocycles. The minimum absolute atomic E-state index is 0.454. The van der Waals surface area contributed by atoms with Crippen molar-refractivity contribution < 1.29 is 4.74 Å². The molecule has 2 aromatic heterocycles. The van der Waals surface area contributed by atoms with Crippen LogP contribution in [-0.2, 0) is 11.3 Å². The Morgan fingerprint density at radius 2 is 2.21 bits per heavy atom. The maximum Gasteiger partial charge on any atom is 0.178 e. The van der Waals surface area contributed by atoms with Gasteiger partial charge in [-0.3, -0.25) is 4.98 Å². The van der Waals surface area contributed by atoms with Gasteiger partial charge in [-0.25, -0.2) is 0 Å². The van der Waals surface area contributed by atoms with Crippen LogP contribution in [-0.4, -0.2) is 27.2 Å². The van der Waals surface area contributed by atoms with Crippen LogP contribution in [0.1, 0.15) is 32.1 Å². The Morgan fingerprint density at radius 1 is 1.37 bits per heavy atom. The third-order valence-electron chi connectivity index (χ3n) is 3.80. The summed E-state index contributed by atoms with van der Waals surface area (Å²) in [5, 5.41) is 0. The normalized spacial score (nSPS) is 17.1. The lowest BCUT2D eigenvalue weighted by molar-refractivity contribution is 0.0243. The number of imidazole rings is 1. The molecule has 3 rings (SSSR count). The summed E-state index contributed by atoms with van der Waals surface area (Å²) in [6, 6.07) is 1.99. The lowest BCUT2D eigenvalue weighted by Gasteiger charge is -2.22. The number of ether oxygens (including phenoxy) is 1. The molecule has 5 heteroatoms. The van der Waals surface area contributed by atoms with Crippen molar-refractivity contribution in [2.24, 2.45) is 0 Å². The zero-order valence-electron chi connectivity index (χ0n) is 11.0. The zero-order valence-corrected chi connectivity index (χ0v) is 11.8. The van der Waals surface area contributed by atoms with Gasteiger partial charge in [0.05, 0.1) is 29.9 Å². The third-order valence-corrected chi connectivity index (χ3v) is 4.12. The molecule has 19 heavy (non-hydrogen) atoms. The summed E-state index contributed by atoms with van der Waals surface area (Å²) in [7, 11) is 0. The molecule has 2 aromatic rings. The first-order valence-corrected chi connectivity index (χ1v) is 7.39. The van der Waals surface area contributed by atoms with Gasteiger partial charge in [-0.2, -0.15) is 0 Å². The minimum Gasteiger partial charge on any atom is -0.376 e. The predicted octanol–water partition coefficient (Wildman–Crippen LogP) is 3.44. The van der Waals surface area contributed by atoms with Crippen LogP contribution in [0.15, 0.2) is 18.5 Å². The van der Waals surface area contributed by atoms with Crippen molar-refractivity contribution in [3.8, 4) is 0 Å². The molecule has 0 bridgehead atoms. The van der Waals surface area contributed by atoms with Crippen molar-refractivity contribution in [3.63, 3.8) is 0 Å². The van der Waals surface area contributed by atoms with E-state index in [1.54, 1.807) is 6.20 Å². The highest BCUT2D eigenvalue weighted by atomic mass is 32.1. The molecule has 0 unspecified atom stereocenters. The molecule has 1 aliphatic carbocycles. The van der Waals surface area contributed by atoms with E-state index < -0.39 is 0 Å². The first-order valence-electron chi connectivity index (χ1n) is 6.99. The van der Waals surface area contributed by atoms with Crippen molar-refractivity contribution in [2.45, 2.75) is 44.8 Å². The molecule has 1 N–H and O–H groups in total. The van der Waals surface area contributed by atoms with Gasteiger partial charge in [0.2, 0.25) is 0 Å². The van der Waals surface area contributed by atoms with Crippen molar-refractivity contribution >= 4 is 23.3 Å². The van der Waals surface area contributed by atoms with Gasteiger partial charge >= 0.3 is 0 Å². The van der Waals surface area contributed by atoms with Crippen molar-refractivity contribution in [3.05, 3.63) is 23.2 Å². The SMILES string of the molecule is S=c1[nH]c2cnccc2n1CCOC1CCCCC1. The van der Waals surface area contributed by atoms with Gasteiger partial charge in [0.15, 0.2) is 4.77 Å².